The van der Waals surface area contributed by atoms with Gasteiger partial charge in [-0.05, 0) is 36.8 Å². The summed E-state index contributed by atoms with van der Waals surface area (Å²) >= 11 is 13.9. The summed E-state index contributed by atoms with van der Waals surface area (Å²) in [5, 5.41) is 6.65. The number of hydrogen-bond donors (Lipinski definition) is 1. The Hall–Kier alpha value is -2.34. The fraction of sp³-hybridized carbons (Fsp3) is 0.174. The Bertz CT molecular complexity index is 1060. The minimum absolute atomic E-state index is 0.0131. The van der Waals surface area contributed by atoms with E-state index in [0.29, 0.717) is 34.8 Å². The van der Waals surface area contributed by atoms with Crippen LogP contribution in [0.4, 0.5) is 0 Å². The summed E-state index contributed by atoms with van der Waals surface area (Å²) in [5.74, 6) is 1.36. The van der Waals surface area contributed by atoms with Crippen LogP contribution >= 0.6 is 35.0 Å². The van der Waals surface area contributed by atoms with E-state index in [-0.39, 0.29) is 5.37 Å². The maximum atomic E-state index is 6.25. The van der Waals surface area contributed by atoms with Gasteiger partial charge in [-0.3, -0.25) is 5.43 Å². The third-order valence-corrected chi connectivity index (χ3v) is 6.25. The van der Waals surface area contributed by atoms with Gasteiger partial charge in [0.05, 0.1) is 6.61 Å². The number of halogens is 2. The molecule has 0 amide bonds. The number of nitrogens with one attached hydrogen (secondary N) is 1. The summed E-state index contributed by atoms with van der Waals surface area (Å²) in [4.78, 5) is 0. The van der Waals surface area contributed by atoms with Crippen molar-refractivity contribution in [1.82, 2.24) is 5.43 Å². The molecular weight excluding hydrogens is 439 g/mol. The predicted octanol–water partition coefficient (Wildman–Crippen LogP) is 6.67. The molecule has 0 saturated carbocycles. The lowest BCUT2D eigenvalue weighted by molar-refractivity contribution is 0.269. The Labute approximate surface area is 190 Å². The molecule has 0 aromatic heterocycles. The average molecular weight is 459 g/mol. The second kappa shape index (κ2) is 9.65. The van der Waals surface area contributed by atoms with Crippen LogP contribution in [0.1, 0.15) is 29.0 Å². The van der Waals surface area contributed by atoms with Crippen LogP contribution in [0, 0.1) is 0 Å². The third-order valence-electron chi connectivity index (χ3n) is 4.50. The second-order valence-corrected chi connectivity index (χ2v) is 8.51. The summed E-state index contributed by atoms with van der Waals surface area (Å²) in [7, 11) is 0. The molecule has 1 aliphatic rings. The molecule has 0 bridgehead atoms. The van der Waals surface area contributed by atoms with E-state index in [1.807, 2.05) is 49.4 Å². The maximum Gasteiger partial charge on any atom is 0.161 e. The molecule has 30 heavy (non-hydrogen) atoms. The number of thioether (sulfide) groups is 1. The van der Waals surface area contributed by atoms with Crippen LogP contribution in [-0.2, 0) is 6.61 Å². The molecular formula is C23H20Cl2N2O2S. The van der Waals surface area contributed by atoms with Gasteiger partial charge in [0.25, 0.3) is 0 Å². The van der Waals surface area contributed by atoms with Gasteiger partial charge in [0.2, 0.25) is 0 Å². The van der Waals surface area contributed by atoms with Crippen LogP contribution < -0.4 is 14.9 Å². The highest BCUT2D eigenvalue weighted by Crippen LogP contribution is 2.38. The third kappa shape index (κ3) is 4.86. The molecule has 0 saturated heterocycles. The molecule has 4 rings (SSSR count). The maximum absolute atomic E-state index is 6.25. The van der Waals surface area contributed by atoms with Crippen molar-refractivity contribution in [3.05, 3.63) is 93.5 Å². The highest BCUT2D eigenvalue weighted by atomic mass is 35.5. The van der Waals surface area contributed by atoms with Crippen LogP contribution in [0.25, 0.3) is 0 Å². The van der Waals surface area contributed by atoms with Crippen molar-refractivity contribution >= 4 is 40.0 Å². The number of benzene rings is 3. The molecule has 7 heteroatoms. The molecule has 0 spiro atoms. The normalized spacial score (nSPS) is 15.4. The quantitative estimate of drug-likeness (QED) is 0.429. The fourth-order valence-corrected chi connectivity index (χ4v) is 4.46. The Balaban J connectivity index is 1.48. The van der Waals surface area contributed by atoms with Gasteiger partial charge in [-0.15, -0.1) is 0 Å². The predicted molar refractivity (Wildman–Crippen MR) is 125 cm³/mol. The van der Waals surface area contributed by atoms with Crippen LogP contribution in [-0.4, -0.2) is 11.7 Å². The van der Waals surface area contributed by atoms with E-state index >= 15 is 0 Å². The molecule has 154 valence electrons. The average Bonchev–Trinajstić information content (AvgIpc) is 3.25. The molecule has 0 fully saturated rings. The minimum atomic E-state index is 0.0131. The zero-order chi connectivity index (χ0) is 20.9. The highest BCUT2D eigenvalue weighted by molar-refractivity contribution is 8.14. The molecule has 4 nitrogen and oxygen atoms in total. The number of nitrogens with zero attached hydrogens (tertiary/aromatic N) is 1. The number of ether oxygens (including phenoxy) is 2. The molecule has 3 aromatic rings. The van der Waals surface area contributed by atoms with Gasteiger partial charge in [-0.1, -0.05) is 77.4 Å². The summed E-state index contributed by atoms with van der Waals surface area (Å²) < 4.78 is 11.8. The monoisotopic (exact) mass is 458 g/mol. The van der Waals surface area contributed by atoms with E-state index in [2.05, 4.69) is 22.7 Å². The summed E-state index contributed by atoms with van der Waals surface area (Å²) in [6.07, 6.45) is 0. The lowest BCUT2D eigenvalue weighted by atomic mass is 10.2. The molecule has 1 N–H and O–H groups in total. The van der Waals surface area contributed by atoms with Crippen molar-refractivity contribution in [3.63, 3.8) is 0 Å². The molecule has 0 radical (unpaired) electrons. The Kier molecular flexibility index (Phi) is 6.72. The van der Waals surface area contributed by atoms with E-state index in [1.165, 1.54) is 0 Å². The van der Waals surface area contributed by atoms with Crippen molar-refractivity contribution in [2.45, 2.75) is 18.9 Å². The van der Waals surface area contributed by atoms with Gasteiger partial charge in [-0.25, -0.2) is 0 Å². The van der Waals surface area contributed by atoms with Crippen LogP contribution in [0.3, 0.4) is 0 Å². The number of hydrogen-bond acceptors (Lipinski definition) is 5. The molecule has 1 atom stereocenters. The first-order valence-electron chi connectivity index (χ1n) is 9.53. The zero-order valence-electron chi connectivity index (χ0n) is 16.3. The molecule has 0 aliphatic carbocycles. The smallest absolute Gasteiger partial charge is 0.161 e. The first-order valence-corrected chi connectivity index (χ1v) is 11.2. The van der Waals surface area contributed by atoms with Gasteiger partial charge in [0, 0.05) is 21.2 Å². The van der Waals surface area contributed by atoms with E-state index in [4.69, 9.17) is 32.7 Å². The van der Waals surface area contributed by atoms with Gasteiger partial charge in [0.1, 0.15) is 17.0 Å². The lowest BCUT2D eigenvalue weighted by Crippen LogP contribution is -2.08. The highest BCUT2D eigenvalue weighted by Gasteiger charge is 2.23. The zero-order valence-corrected chi connectivity index (χ0v) is 18.6. The first-order chi connectivity index (χ1) is 14.6. The minimum Gasteiger partial charge on any atom is -0.490 e. The molecule has 0 unspecified atom stereocenters. The Morgan fingerprint density at radius 3 is 2.57 bits per heavy atom. The van der Waals surface area contributed by atoms with Crippen LogP contribution in [0.15, 0.2) is 71.8 Å². The van der Waals surface area contributed by atoms with Crippen LogP contribution in [0.2, 0.25) is 10.0 Å². The Morgan fingerprint density at radius 1 is 0.967 bits per heavy atom. The summed E-state index contributed by atoms with van der Waals surface area (Å²) in [5.41, 5.74) is 6.23. The number of hydrazone groups is 1. The van der Waals surface area contributed by atoms with Crippen molar-refractivity contribution in [2.75, 3.05) is 6.61 Å². The van der Waals surface area contributed by atoms with Gasteiger partial charge < -0.3 is 9.47 Å². The summed E-state index contributed by atoms with van der Waals surface area (Å²) in [6, 6.07) is 21.4. The second-order valence-electron chi connectivity index (χ2n) is 6.57. The van der Waals surface area contributed by atoms with E-state index in [0.717, 1.165) is 21.7 Å². The summed E-state index contributed by atoms with van der Waals surface area (Å²) in [6.45, 7) is 2.82. The standard InChI is InChI=1S/C23H20Cl2N2O2S/c1-2-28-21-12-16(23-27-26-22(30-23)15-6-4-3-5-7-15)9-11-20(21)29-14-17-8-10-18(24)13-19(17)25/h3-13,23,27H,2,14H2,1H3/t23-/m1/s1. The SMILES string of the molecule is CCOc1cc([C@@H]2NN=C(c3ccccc3)S2)ccc1OCc1ccc(Cl)cc1Cl. The molecule has 1 aliphatic heterocycles. The molecule has 3 aromatic carbocycles. The van der Waals surface area contributed by atoms with Gasteiger partial charge >= 0.3 is 0 Å². The topological polar surface area (TPSA) is 42.8 Å². The van der Waals surface area contributed by atoms with Crippen LogP contribution in [0.5, 0.6) is 11.5 Å². The molecule has 1 heterocycles. The lowest BCUT2D eigenvalue weighted by Gasteiger charge is -2.16. The van der Waals surface area contributed by atoms with E-state index < -0.39 is 0 Å². The van der Waals surface area contributed by atoms with Crippen molar-refractivity contribution in [3.8, 4) is 11.5 Å². The van der Waals surface area contributed by atoms with Crippen molar-refractivity contribution in [2.24, 2.45) is 5.10 Å². The Morgan fingerprint density at radius 2 is 1.80 bits per heavy atom. The number of rotatable bonds is 7. The first kappa shape index (κ1) is 20.9. The van der Waals surface area contributed by atoms with Gasteiger partial charge in [-0.2, -0.15) is 5.10 Å². The van der Waals surface area contributed by atoms with Crippen molar-refractivity contribution < 1.29 is 9.47 Å². The van der Waals surface area contributed by atoms with Crippen molar-refractivity contribution in [1.29, 1.82) is 0 Å². The van der Waals surface area contributed by atoms with E-state index in [9.17, 15) is 0 Å². The fourth-order valence-electron chi connectivity index (χ4n) is 3.01. The largest absolute Gasteiger partial charge is 0.490 e. The van der Waals surface area contributed by atoms with Gasteiger partial charge in [0.15, 0.2) is 11.5 Å². The van der Waals surface area contributed by atoms with E-state index in [1.54, 1.807) is 23.9 Å².